The van der Waals surface area contributed by atoms with E-state index in [0.717, 1.165) is 22.3 Å². The molecule has 3 heteroatoms. The Morgan fingerprint density at radius 1 is 1.07 bits per heavy atom. The molecule has 0 bridgehead atoms. The summed E-state index contributed by atoms with van der Waals surface area (Å²) >= 11 is 1.38. The first-order chi connectivity index (χ1) is 7.31. The van der Waals surface area contributed by atoms with Gasteiger partial charge in [-0.3, -0.25) is 9.59 Å². The Labute approximate surface area is 90.2 Å². The van der Waals surface area contributed by atoms with E-state index in [4.69, 9.17) is 0 Å². The van der Waals surface area contributed by atoms with Gasteiger partial charge in [-0.2, -0.15) is 0 Å². The number of hydrogen-bond donors (Lipinski definition) is 0. The molecule has 2 nitrogen and oxygen atoms in total. The van der Waals surface area contributed by atoms with E-state index in [0.29, 0.717) is 10.4 Å². The maximum Gasteiger partial charge on any atom is 0.195 e. The van der Waals surface area contributed by atoms with Crippen molar-refractivity contribution >= 4 is 23.4 Å². The van der Waals surface area contributed by atoms with Gasteiger partial charge in [0.05, 0.1) is 4.88 Å². The Morgan fingerprint density at radius 2 is 1.80 bits per heavy atom. The van der Waals surface area contributed by atoms with Gasteiger partial charge in [0.1, 0.15) is 0 Å². The van der Waals surface area contributed by atoms with Gasteiger partial charge in [-0.1, -0.05) is 24.3 Å². The zero-order valence-corrected chi connectivity index (χ0v) is 8.51. The lowest BCUT2D eigenvalue weighted by molar-refractivity contribution is 0.104. The van der Waals surface area contributed by atoms with E-state index < -0.39 is 0 Å². The SMILES string of the molecule is O=Cc1cc2c(s1)-c1ccccc1C2=O. The maximum atomic E-state index is 11.9. The van der Waals surface area contributed by atoms with Crippen LogP contribution in [0.15, 0.2) is 30.3 Å². The lowest BCUT2D eigenvalue weighted by atomic mass is 10.1. The second-order valence-electron chi connectivity index (χ2n) is 3.38. The number of hydrogen-bond acceptors (Lipinski definition) is 3. The van der Waals surface area contributed by atoms with Gasteiger partial charge >= 0.3 is 0 Å². The van der Waals surface area contributed by atoms with Crippen molar-refractivity contribution in [3.8, 4) is 10.4 Å². The molecule has 1 aliphatic rings. The molecule has 2 aromatic rings. The largest absolute Gasteiger partial charge is 0.297 e. The summed E-state index contributed by atoms with van der Waals surface area (Å²) in [7, 11) is 0. The molecule has 0 radical (unpaired) electrons. The number of aldehydes is 1. The van der Waals surface area contributed by atoms with Crippen LogP contribution < -0.4 is 0 Å². The van der Waals surface area contributed by atoms with E-state index in [1.807, 2.05) is 24.3 Å². The molecule has 0 amide bonds. The fourth-order valence-electron chi connectivity index (χ4n) is 1.86. The lowest BCUT2D eigenvalue weighted by Gasteiger charge is -1.95. The van der Waals surface area contributed by atoms with Gasteiger partial charge in [0, 0.05) is 21.6 Å². The normalized spacial score (nSPS) is 12.4. The van der Waals surface area contributed by atoms with Crippen LogP contribution >= 0.6 is 11.3 Å². The number of fused-ring (bicyclic) bond motifs is 3. The predicted molar refractivity (Wildman–Crippen MR) is 58.6 cm³/mol. The predicted octanol–water partition coefficient (Wildman–Crippen LogP) is 2.77. The zero-order valence-electron chi connectivity index (χ0n) is 7.69. The van der Waals surface area contributed by atoms with Gasteiger partial charge in [0.25, 0.3) is 0 Å². The van der Waals surface area contributed by atoms with Gasteiger partial charge in [-0.05, 0) is 6.07 Å². The number of rotatable bonds is 1. The van der Waals surface area contributed by atoms with Crippen molar-refractivity contribution in [1.29, 1.82) is 0 Å². The minimum atomic E-state index is 0.0324. The number of carbonyl (C=O) groups excluding carboxylic acids is 2. The van der Waals surface area contributed by atoms with Gasteiger partial charge in [-0.25, -0.2) is 0 Å². The third kappa shape index (κ3) is 1.04. The molecule has 0 saturated carbocycles. The van der Waals surface area contributed by atoms with Crippen LogP contribution in [0.2, 0.25) is 0 Å². The lowest BCUT2D eigenvalue weighted by Crippen LogP contribution is -1.93. The molecule has 1 aromatic carbocycles. The van der Waals surface area contributed by atoms with Crippen LogP contribution in [0.4, 0.5) is 0 Å². The molecule has 0 unspecified atom stereocenters. The van der Waals surface area contributed by atoms with E-state index in [1.165, 1.54) is 11.3 Å². The topological polar surface area (TPSA) is 34.1 Å². The molecule has 0 fully saturated rings. The van der Waals surface area contributed by atoms with Crippen LogP contribution in [0.5, 0.6) is 0 Å². The Hall–Kier alpha value is -1.74. The average Bonchev–Trinajstić information content (AvgIpc) is 2.80. The first-order valence-corrected chi connectivity index (χ1v) is 5.36. The highest BCUT2D eigenvalue weighted by atomic mass is 32.1. The minimum Gasteiger partial charge on any atom is -0.297 e. The van der Waals surface area contributed by atoms with E-state index >= 15 is 0 Å². The number of thiophene rings is 1. The van der Waals surface area contributed by atoms with E-state index in [-0.39, 0.29) is 5.78 Å². The fraction of sp³-hybridized carbons (Fsp3) is 0. The highest BCUT2D eigenvalue weighted by Crippen LogP contribution is 2.41. The van der Waals surface area contributed by atoms with Gasteiger partial charge < -0.3 is 0 Å². The van der Waals surface area contributed by atoms with Gasteiger partial charge in [-0.15, -0.1) is 11.3 Å². The number of ketones is 1. The van der Waals surface area contributed by atoms with Crippen LogP contribution in [-0.4, -0.2) is 12.1 Å². The summed E-state index contributed by atoms with van der Waals surface area (Å²) in [6.45, 7) is 0. The summed E-state index contributed by atoms with van der Waals surface area (Å²) in [6, 6.07) is 9.18. The van der Waals surface area contributed by atoms with Gasteiger partial charge in [0.15, 0.2) is 12.1 Å². The molecule has 0 atom stereocenters. The van der Waals surface area contributed by atoms with E-state index in [2.05, 4.69) is 0 Å². The van der Waals surface area contributed by atoms with Crippen molar-refractivity contribution in [3.63, 3.8) is 0 Å². The molecule has 1 heterocycles. The highest BCUT2D eigenvalue weighted by Gasteiger charge is 2.28. The van der Waals surface area contributed by atoms with Crippen molar-refractivity contribution in [2.45, 2.75) is 0 Å². The molecule has 1 aromatic heterocycles. The Balaban J connectivity index is 2.34. The first-order valence-electron chi connectivity index (χ1n) is 4.54. The third-order valence-electron chi connectivity index (χ3n) is 2.53. The molecule has 1 aliphatic carbocycles. The number of carbonyl (C=O) groups is 2. The summed E-state index contributed by atoms with van der Waals surface area (Å²) in [6.07, 6.45) is 0.791. The molecule has 15 heavy (non-hydrogen) atoms. The summed E-state index contributed by atoms with van der Waals surface area (Å²) in [5, 5.41) is 0. The first kappa shape index (κ1) is 8.56. The third-order valence-corrected chi connectivity index (χ3v) is 3.62. The van der Waals surface area contributed by atoms with Gasteiger partial charge in [0.2, 0.25) is 0 Å². The number of benzene rings is 1. The second kappa shape index (κ2) is 2.87. The van der Waals surface area contributed by atoms with Crippen LogP contribution in [0.25, 0.3) is 10.4 Å². The Bertz CT molecular complexity index is 581. The molecule has 0 saturated heterocycles. The summed E-state index contributed by atoms with van der Waals surface area (Å²) in [5.74, 6) is 0.0324. The molecular weight excluding hydrogens is 208 g/mol. The quantitative estimate of drug-likeness (QED) is 0.584. The second-order valence-corrected chi connectivity index (χ2v) is 4.47. The molecule has 0 aliphatic heterocycles. The molecular formula is C12H6O2S. The Kier molecular flexibility index (Phi) is 1.64. The molecule has 0 spiro atoms. The van der Waals surface area contributed by atoms with Crippen molar-refractivity contribution in [2.24, 2.45) is 0 Å². The van der Waals surface area contributed by atoms with Crippen molar-refractivity contribution < 1.29 is 9.59 Å². The van der Waals surface area contributed by atoms with E-state index in [9.17, 15) is 9.59 Å². The molecule has 0 N–H and O–H groups in total. The standard InChI is InChI=1S/C12H6O2S/c13-6-7-5-10-11(14)8-3-1-2-4-9(8)12(10)15-7/h1-6H. The minimum absolute atomic E-state index is 0.0324. The summed E-state index contributed by atoms with van der Waals surface area (Å²) in [5.41, 5.74) is 2.37. The van der Waals surface area contributed by atoms with Crippen LogP contribution in [0.3, 0.4) is 0 Å². The van der Waals surface area contributed by atoms with Crippen molar-refractivity contribution in [1.82, 2.24) is 0 Å². The van der Waals surface area contributed by atoms with Crippen LogP contribution in [0.1, 0.15) is 25.6 Å². The highest BCUT2D eigenvalue weighted by molar-refractivity contribution is 7.17. The zero-order chi connectivity index (χ0) is 10.4. The maximum absolute atomic E-state index is 11.9. The van der Waals surface area contributed by atoms with Crippen molar-refractivity contribution in [2.75, 3.05) is 0 Å². The van der Waals surface area contributed by atoms with Crippen molar-refractivity contribution in [3.05, 3.63) is 46.3 Å². The molecule has 72 valence electrons. The average molecular weight is 214 g/mol. The van der Waals surface area contributed by atoms with E-state index in [1.54, 1.807) is 6.07 Å². The fourth-order valence-corrected chi connectivity index (χ4v) is 2.87. The monoisotopic (exact) mass is 214 g/mol. The molecule has 3 rings (SSSR count). The summed E-state index contributed by atoms with van der Waals surface area (Å²) < 4.78 is 0. The van der Waals surface area contributed by atoms with Crippen LogP contribution in [-0.2, 0) is 0 Å². The Morgan fingerprint density at radius 3 is 2.53 bits per heavy atom. The smallest absolute Gasteiger partial charge is 0.195 e. The summed E-state index contributed by atoms with van der Waals surface area (Å²) in [4.78, 5) is 24.1. The van der Waals surface area contributed by atoms with Crippen LogP contribution in [0, 0.1) is 0 Å².